The number of ketones is 1. The first-order chi connectivity index (χ1) is 11.0. The minimum atomic E-state index is -0.550. The van der Waals surface area contributed by atoms with Crippen molar-refractivity contribution in [2.45, 2.75) is 32.8 Å². The van der Waals surface area contributed by atoms with Crippen LogP contribution >= 0.6 is 0 Å². The minimum Gasteiger partial charge on any atom is -0.481 e. The van der Waals surface area contributed by atoms with Gasteiger partial charge >= 0.3 is 0 Å². The Bertz CT molecular complexity index is 557. The molecule has 126 valence electrons. The summed E-state index contributed by atoms with van der Waals surface area (Å²) in [6, 6.07) is 6.98. The van der Waals surface area contributed by atoms with E-state index in [1.165, 1.54) is 6.92 Å². The molecule has 0 aromatic heterocycles. The molecule has 1 aromatic rings. The molecular formula is C18H26N2O3. The van der Waals surface area contributed by atoms with Crippen LogP contribution in [0.1, 0.15) is 37.0 Å². The maximum absolute atomic E-state index is 12.6. The predicted molar refractivity (Wildman–Crippen MR) is 89.8 cm³/mol. The molecule has 1 saturated heterocycles. The fourth-order valence-electron chi connectivity index (χ4n) is 3.02. The lowest BCUT2D eigenvalue weighted by Gasteiger charge is -2.34. The third kappa shape index (κ3) is 4.79. The molecule has 1 aliphatic rings. The van der Waals surface area contributed by atoms with E-state index in [9.17, 15) is 9.59 Å². The molecule has 5 heteroatoms. The third-order valence-corrected chi connectivity index (χ3v) is 4.22. The predicted octanol–water partition coefficient (Wildman–Crippen LogP) is 2.11. The van der Waals surface area contributed by atoms with Crippen LogP contribution in [0.4, 0.5) is 0 Å². The fourth-order valence-corrected chi connectivity index (χ4v) is 3.02. The molecule has 5 nitrogen and oxygen atoms in total. The number of likely N-dealkylation sites (tertiary alicyclic amines) is 1. The molecule has 0 bridgehead atoms. The van der Waals surface area contributed by atoms with E-state index in [0.29, 0.717) is 17.2 Å². The second-order valence-electron chi connectivity index (χ2n) is 6.19. The molecule has 2 unspecified atom stereocenters. The number of benzene rings is 1. The van der Waals surface area contributed by atoms with Crippen molar-refractivity contribution >= 4 is 11.7 Å². The van der Waals surface area contributed by atoms with Gasteiger partial charge in [-0.05, 0) is 58.3 Å². The number of carbonyl (C=O) groups excluding carboxylic acids is 2. The van der Waals surface area contributed by atoms with Gasteiger partial charge in [0.1, 0.15) is 5.75 Å². The third-order valence-electron chi connectivity index (χ3n) is 4.22. The minimum absolute atomic E-state index is 0.0130. The largest absolute Gasteiger partial charge is 0.481 e. The van der Waals surface area contributed by atoms with Crippen LogP contribution in [0.5, 0.6) is 5.75 Å². The number of hydrogen-bond donors (Lipinski definition) is 1. The van der Waals surface area contributed by atoms with Gasteiger partial charge in [0.05, 0.1) is 0 Å². The lowest BCUT2D eigenvalue weighted by molar-refractivity contribution is -0.139. The van der Waals surface area contributed by atoms with Crippen molar-refractivity contribution in [2.75, 3.05) is 26.7 Å². The highest BCUT2D eigenvalue weighted by molar-refractivity contribution is 5.94. The first-order valence-electron chi connectivity index (χ1n) is 8.22. The Morgan fingerprint density at radius 2 is 2.22 bits per heavy atom. The average molecular weight is 318 g/mol. The number of Topliss-reactive ketones (excluding diaryl/α,β-unsaturated/α-hetero) is 1. The maximum atomic E-state index is 12.6. The van der Waals surface area contributed by atoms with Gasteiger partial charge < -0.3 is 15.0 Å². The van der Waals surface area contributed by atoms with Gasteiger partial charge in [0.2, 0.25) is 0 Å². The van der Waals surface area contributed by atoms with Crippen molar-refractivity contribution in [3.63, 3.8) is 0 Å². The summed E-state index contributed by atoms with van der Waals surface area (Å²) in [6.45, 7) is 5.79. The SMILES string of the molecule is CNCC1CCCN(C(=O)C(C)Oc2cccc(C(C)=O)c2)C1. The van der Waals surface area contributed by atoms with Gasteiger partial charge in [0.25, 0.3) is 5.91 Å². The molecule has 2 atom stereocenters. The standard InChI is InChI=1S/C18H26N2O3/c1-13(21)16-7-4-8-17(10-16)23-14(2)18(22)20-9-5-6-15(12-20)11-19-3/h4,7-8,10,14-15,19H,5-6,9,11-12H2,1-3H3. The Kier molecular flexibility index (Phi) is 6.16. The van der Waals surface area contributed by atoms with Gasteiger partial charge in [-0.25, -0.2) is 0 Å². The van der Waals surface area contributed by atoms with Gasteiger partial charge in [-0.15, -0.1) is 0 Å². The van der Waals surface area contributed by atoms with E-state index in [0.717, 1.165) is 32.5 Å². The topological polar surface area (TPSA) is 58.6 Å². The summed E-state index contributed by atoms with van der Waals surface area (Å²) in [7, 11) is 1.94. The van der Waals surface area contributed by atoms with E-state index in [4.69, 9.17) is 4.74 Å². The van der Waals surface area contributed by atoms with E-state index >= 15 is 0 Å². The normalized spacial score (nSPS) is 19.3. The first-order valence-corrected chi connectivity index (χ1v) is 8.22. The molecule has 1 heterocycles. The summed E-state index contributed by atoms with van der Waals surface area (Å²) in [5, 5.41) is 3.18. The number of piperidine rings is 1. The van der Waals surface area contributed by atoms with Crippen molar-refractivity contribution in [3.8, 4) is 5.75 Å². The molecule has 0 spiro atoms. The molecular weight excluding hydrogens is 292 g/mol. The van der Waals surface area contributed by atoms with Crippen LogP contribution < -0.4 is 10.1 Å². The molecule has 1 aromatic carbocycles. The zero-order valence-electron chi connectivity index (χ0n) is 14.2. The van der Waals surface area contributed by atoms with E-state index in [2.05, 4.69) is 5.32 Å². The number of nitrogens with zero attached hydrogens (tertiary/aromatic N) is 1. The maximum Gasteiger partial charge on any atom is 0.263 e. The van der Waals surface area contributed by atoms with E-state index in [-0.39, 0.29) is 11.7 Å². The smallest absolute Gasteiger partial charge is 0.263 e. The van der Waals surface area contributed by atoms with Crippen LogP contribution in [0, 0.1) is 5.92 Å². The summed E-state index contributed by atoms with van der Waals surface area (Å²) >= 11 is 0. The number of ether oxygens (including phenoxy) is 1. The number of hydrogen-bond acceptors (Lipinski definition) is 4. The number of carbonyl (C=O) groups is 2. The molecule has 23 heavy (non-hydrogen) atoms. The summed E-state index contributed by atoms with van der Waals surface area (Å²) in [5.74, 6) is 1.06. The first kappa shape index (κ1) is 17.5. The van der Waals surface area contributed by atoms with Gasteiger partial charge in [0, 0.05) is 18.7 Å². The van der Waals surface area contributed by atoms with Gasteiger partial charge in [-0.1, -0.05) is 12.1 Å². The Balaban J connectivity index is 1.97. The lowest BCUT2D eigenvalue weighted by Crippen LogP contribution is -2.47. The van der Waals surface area contributed by atoms with Crippen molar-refractivity contribution in [2.24, 2.45) is 5.92 Å². The molecule has 0 aliphatic carbocycles. The van der Waals surface area contributed by atoms with Crippen LogP contribution in [0.15, 0.2) is 24.3 Å². The molecule has 1 amide bonds. The van der Waals surface area contributed by atoms with Crippen molar-refractivity contribution in [1.29, 1.82) is 0 Å². The summed E-state index contributed by atoms with van der Waals surface area (Å²) in [5.41, 5.74) is 0.592. The highest BCUT2D eigenvalue weighted by atomic mass is 16.5. The average Bonchev–Trinajstić information content (AvgIpc) is 2.55. The number of nitrogens with one attached hydrogen (secondary N) is 1. The lowest BCUT2D eigenvalue weighted by atomic mass is 9.97. The van der Waals surface area contributed by atoms with E-state index < -0.39 is 6.10 Å². The quantitative estimate of drug-likeness (QED) is 0.816. The van der Waals surface area contributed by atoms with Crippen LogP contribution in [0.3, 0.4) is 0 Å². The summed E-state index contributed by atoms with van der Waals surface area (Å²) < 4.78 is 5.76. The Morgan fingerprint density at radius 1 is 1.43 bits per heavy atom. The van der Waals surface area contributed by atoms with Crippen LogP contribution in [0.2, 0.25) is 0 Å². The fraction of sp³-hybridized carbons (Fsp3) is 0.556. The van der Waals surface area contributed by atoms with Gasteiger partial charge in [-0.2, -0.15) is 0 Å². The second kappa shape index (κ2) is 8.11. The van der Waals surface area contributed by atoms with Crippen LogP contribution in [0.25, 0.3) is 0 Å². The van der Waals surface area contributed by atoms with Crippen molar-refractivity contribution < 1.29 is 14.3 Å². The molecule has 1 aliphatic heterocycles. The van der Waals surface area contributed by atoms with Gasteiger partial charge in [-0.3, -0.25) is 9.59 Å². The monoisotopic (exact) mass is 318 g/mol. The zero-order valence-corrected chi connectivity index (χ0v) is 14.2. The highest BCUT2D eigenvalue weighted by Gasteiger charge is 2.27. The van der Waals surface area contributed by atoms with Crippen LogP contribution in [-0.4, -0.2) is 49.4 Å². The molecule has 0 saturated carbocycles. The second-order valence-corrected chi connectivity index (χ2v) is 6.19. The molecule has 2 rings (SSSR count). The van der Waals surface area contributed by atoms with E-state index in [1.54, 1.807) is 31.2 Å². The molecule has 1 N–H and O–H groups in total. The van der Waals surface area contributed by atoms with Crippen LogP contribution in [-0.2, 0) is 4.79 Å². The van der Waals surface area contributed by atoms with Gasteiger partial charge in [0.15, 0.2) is 11.9 Å². The number of rotatable bonds is 6. The number of amides is 1. The van der Waals surface area contributed by atoms with E-state index in [1.807, 2.05) is 11.9 Å². The molecule has 0 radical (unpaired) electrons. The molecule has 1 fully saturated rings. The summed E-state index contributed by atoms with van der Waals surface area (Å²) in [6.07, 6.45) is 1.64. The Hall–Kier alpha value is -1.88. The zero-order chi connectivity index (χ0) is 16.8. The van der Waals surface area contributed by atoms with Crippen molar-refractivity contribution in [3.05, 3.63) is 29.8 Å². The highest BCUT2D eigenvalue weighted by Crippen LogP contribution is 2.19. The van der Waals surface area contributed by atoms with Crippen molar-refractivity contribution in [1.82, 2.24) is 10.2 Å². The Morgan fingerprint density at radius 3 is 2.91 bits per heavy atom. The summed E-state index contributed by atoms with van der Waals surface area (Å²) in [4.78, 5) is 25.9. The Labute approximate surface area is 138 Å².